The summed E-state index contributed by atoms with van der Waals surface area (Å²) >= 11 is 0. The molecule has 0 radical (unpaired) electrons. The molecule has 1 heterocycles. The lowest BCUT2D eigenvalue weighted by Crippen LogP contribution is -2.33. The van der Waals surface area contributed by atoms with Gasteiger partial charge in [0.15, 0.2) is 11.5 Å². The molecule has 0 N–H and O–H groups in total. The van der Waals surface area contributed by atoms with Crippen molar-refractivity contribution < 1.29 is 22.3 Å². The minimum atomic E-state index is -3.91. The fraction of sp³-hybridized carbons (Fsp3) is 0.182. The zero-order valence-corrected chi connectivity index (χ0v) is 16.8. The second-order valence-electron chi connectivity index (χ2n) is 6.88. The van der Waals surface area contributed by atoms with E-state index in [1.165, 1.54) is 16.4 Å². The van der Waals surface area contributed by atoms with Gasteiger partial charge in [0, 0.05) is 6.07 Å². The van der Waals surface area contributed by atoms with Crippen LogP contribution in [0.15, 0.2) is 71.6 Å². The summed E-state index contributed by atoms with van der Waals surface area (Å²) < 4.78 is 52.8. The molecule has 0 saturated carbocycles. The van der Waals surface area contributed by atoms with Crippen LogP contribution in [0.25, 0.3) is 0 Å². The molecule has 150 valence electrons. The van der Waals surface area contributed by atoms with Crippen molar-refractivity contribution in [3.8, 4) is 11.5 Å². The van der Waals surface area contributed by atoms with E-state index in [-0.39, 0.29) is 17.5 Å². The first-order valence-corrected chi connectivity index (χ1v) is 10.6. The average Bonchev–Trinajstić information content (AvgIpc) is 3.16. The largest absolute Gasteiger partial charge is 0.454 e. The van der Waals surface area contributed by atoms with E-state index in [0.29, 0.717) is 22.7 Å². The number of hydrogen-bond donors (Lipinski definition) is 0. The maximum Gasteiger partial charge on any atom is 0.264 e. The number of ether oxygens (including phenoxy) is 2. The van der Waals surface area contributed by atoms with E-state index in [4.69, 9.17) is 9.47 Å². The van der Waals surface area contributed by atoms with E-state index in [2.05, 4.69) is 0 Å². The molecule has 0 aliphatic carbocycles. The maximum absolute atomic E-state index is 13.6. The van der Waals surface area contributed by atoms with Gasteiger partial charge in [-0.05, 0) is 61.4 Å². The molecular weight excluding hydrogens is 393 g/mol. The zero-order chi connectivity index (χ0) is 20.6. The Kier molecular flexibility index (Phi) is 4.92. The molecule has 5 nitrogen and oxygen atoms in total. The molecule has 0 saturated heterocycles. The monoisotopic (exact) mass is 413 g/mol. The number of rotatable bonds is 5. The molecule has 1 aliphatic heterocycles. The highest BCUT2D eigenvalue weighted by Crippen LogP contribution is 2.40. The van der Waals surface area contributed by atoms with Crippen molar-refractivity contribution in [1.82, 2.24) is 0 Å². The Morgan fingerprint density at radius 3 is 2.41 bits per heavy atom. The molecule has 0 spiro atoms. The van der Waals surface area contributed by atoms with E-state index in [9.17, 15) is 12.8 Å². The van der Waals surface area contributed by atoms with Crippen LogP contribution in [-0.4, -0.2) is 15.2 Å². The fourth-order valence-corrected chi connectivity index (χ4v) is 5.10. The molecule has 0 aromatic heterocycles. The third kappa shape index (κ3) is 3.65. The number of anilines is 1. The van der Waals surface area contributed by atoms with E-state index in [1.807, 2.05) is 13.0 Å². The summed E-state index contributed by atoms with van der Waals surface area (Å²) in [6.45, 7) is 3.70. The van der Waals surface area contributed by atoms with Gasteiger partial charge in [-0.2, -0.15) is 0 Å². The maximum atomic E-state index is 13.6. The molecule has 0 bridgehead atoms. The van der Waals surface area contributed by atoms with Crippen molar-refractivity contribution >= 4 is 15.7 Å². The summed E-state index contributed by atoms with van der Waals surface area (Å²) in [6, 6.07) is 17.0. The minimum absolute atomic E-state index is 0.0942. The fourth-order valence-electron chi connectivity index (χ4n) is 3.36. The second-order valence-corrected chi connectivity index (χ2v) is 8.70. The molecule has 0 amide bonds. The third-order valence-electron chi connectivity index (χ3n) is 4.86. The number of halogens is 1. The lowest BCUT2D eigenvalue weighted by Gasteiger charge is -2.31. The number of hydrogen-bond acceptors (Lipinski definition) is 4. The molecule has 3 aromatic rings. The molecule has 1 aliphatic rings. The van der Waals surface area contributed by atoms with E-state index in [0.717, 1.165) is 5.56 Å². The molecule has 3 aromatic carbocycles. The zero-order valence-electron chi connectivity index (χ0n) is 16.0. The molecule has 0 unspecified atom stereocenters. The van der Waals surface area contributed by atoms with E-state index >= 15 is 0 Å². The van der Waals surface area contributed by atoms with Gasteiger partial charge in [0.05, 0.1) is 16.6 Å². The smallest absolute Gasteiger partial charge is 0.264 e. The highest BCUT2D eigenvalue weighted by atomic mass is 32.2. The van der Waals surface area contributed by atoms with Gasteiger partial charge in [-0.15, -0.1) is 0 Å². The van der Waals surface area contributed by atoms with Gasteiger partial charge in [0.25, 0.3) is 10.0 Å². The van der Waals surface area contributed by atoms with Crippen molar-refractivity contribution in [1.29, 1.82) is 0 Å². The molecular formula is C22H20FNO4S. The van der Waals surface area contributed by atoms with Crippen molar-refractivity contribution in [3.63, 3.8) is 0 Å². The third-order valence-corrected chi connectivity index (χ3v) is 6.76. The summed E-state index contributed by atoms with van der Waals surface area (Å²) in [4.78, 5) is 0.184. The summed E-state index contributed by atoms with van der Waals surface area (Å²) in [6.07, 6.45) is 0. The second kappa shape index (κ2) is 7.40. The Morgan fingerprint density at radius 2 is 1.69 bits per heavy atom. The summed E-state index contributed by atoms with van der Waals surface area (Å²) in [7, 11) is -3.91. The first kappa shape index (κ1) is 19.3. The van der Waals surface area contributed by atoms with Crippen LogP contribution in [0.4, 0.5) is 10.1 Å². The first-order valence-electron chi connectivity index (χ1n) is 9.12. The van der Waals surface area contributed by atoms with Crippen LogP contribution >= 0.6 is 0 Å². The Hall–Kier alpha value is -3.06. The van der Waals surface area contributed by atoms with Crippen LogP contribution in [0.5, 0.6) is 11.5 Å². The Morgan fingerprint density at radius 1 is 0.966 bits per heavy atom. The van der Waals surface area contributed by atoms with Crippen molar-refractivity contribution in [2.45, 2.75) is 24.8 Å². The minimum Gasteiger partial charge on any atom is -0.454 e. The van der Waals surface area contributed by atoms with Crippen LogP contribution in [0.2, 0.25) is 0 Å². The molecule has 0 fully saturated rings. The first-order chi connectivity index (χ1) is 13.9. The molecule has 29 heavy (non-hydrogen) atoms. The predicted octanol–water partition coefficient (Wildman–Crippen LogP) is 4.82. The van der Waals surface area contributed by atoms with Crippen LogP contribution in [0.3, 0.4) is 0 Å². The van der Waals surface area contributed by atoms with Crippen molar-refractivity contribution in [3.05, 3.63) is 83.7 Å². The highest BCUT2D eigenvalue weighted by Gasteiger charge is 2.31. The van der Waals surface area contributed by atoms with Crippen LogP contribution in [-0.2, 0) is 10.0 Å². The van der Waals surface area contributed by atoms with Gasteiger partial charge in [-0.3, -0.25) is 4.31 Å². The van der Waals surface area contributed by atoms with Gasteiger partial charge >= 0.3 is 0 Å². The van der Waals surface area contributed by atoms with Gasteiger partial charge in [0.2, 0.25) is 6.79 Å². The van der Waals surface area contributed by atoms with Crippen molar-refractivity contribution in [2.75, 3.05) is 11.1 Å². The standard InChI is InChI=1S/C22H20FNO4S/c1-15-4-3-5-20(12-15)29(25,26)24(16(2)17-6-8-18(23)9-7-17)19-10-11-21-22(13-19)28-14-27-21/h3-13,16H,14H2,1-2H3/t16-/m0/s1. The lowest BCUT2D eigenvalue weighted by molar-refractivity contribution is 0.174. The quantitative estimate of drug-likeness (QED) is 0.602. The molecule has 1 atom stereocenters. The molecule has 7 heteroatoms. The summed E-state index contributed by atoms with van der Waals surface area (Å²) in [5.74, 6) is 0.673. The van der Waals surface area contributed by atoms with Crippen molar-refractivity contribution in [2.24, 2.45) is 0 Å². The van der Waals surface area contributed by atoms with Gasteiger partial charge < -0.3 is 9.47 Å². The van der Waals surface area contributed by atoms with Gasteiger partial charge in [-0.1, -0.05) is 24.3 Å². The topological polar surface area (TPSA) is 55.8 Å². The number of aryl methyl sites for hydroxylation is 1. The Balaban J connectivity index is 1.86. The lowest BCUT2D eigenvalue weighted by atomic mass is 10.1. The Bertz CT molecular complexity index is 1150. The van der Waals surface area contributed by atoms with Crippen LogP contribution in [0, 0.1) is 12.7 Å². The Labute approximate surface area is 169 Å². The number of sulfonamides is 1. The summed E-state index contributed by atoms with van der Waals surface area (Å²) in [5.41, 5.74) is 1.94. The van der Waals surface area contributed by atoms with Gasteiger partial charge in [-0.25, -0.2) is 12.8 Å². The van der Waals surface area contributed by atoms with Crippen LogP contribution in [0.1, 0.15) is 24.1 Å². The predicted molar refractivity (Wildman–Crippen MR) is 108 cm³/mol. The SMILES string of the molecule is Cc1cccc(S(=O)(=O)N(c2ccc3c(c2)OCO3)[C@@H](C)c2ccc(F)cc2)c1. The molecule has 4 rings (SSSR count). The number of benzene rings is 3. The van der Waals surface area contributed by atoms with Crippen LogP contribution < -0.4 is 13.8 Å². The van der Waals surface area contributed by atoms with E-state index in [1.54, 1.807) is 55.5 Å². The normalized spacial score (nSPS) is 13.9. The number of nitrogens with zero attached hydrogens (tertiary/aromatic N) is 1. The van der Waals surface area contributed by atoms with E-state index < -0.39 is 16.1 Å². The summed E-state index contributed by atoms with van der Waals surface area (Å²) in [5, 5.41) is 0. The average molecular weight is 413 g/mol. The highest BCUT2D eigenvalue weighted by molar-refractivity contribution is 7.92. The van der Waals surface area contributed by atoms with Gasteiger partial charge in [0.1, 0.15) is 5.82 Å². The number of fused-ring (bicyclic) bond motifs is 1.